The molecule has 0 fully saturated rings. The first-order valence-electron chi connectivity index (χ1n) is 19.2. The van der Waals surface area contributed by atoms with Gasteiger partial charge < -0.3 is 10.2 Å². The maximum absolute atomic E-state index is 3.65. The van der Waals surface area contributed by atoms with Gasteiger partial charge in [0.1, 0.15) is 0 Å². The molecule has 0 saturated heterocycles. The van der Waals surface area contributed by atoms with E-state index in [1.807, 2.05) is 0 Å². The van der Waals surface area contributed by atoms with Crippen molar-refractivity contribution in [3.63, 3.8) is 0 Å². The van der Waals surface area contributed by atoms with Crippen LogP contribution in [-0.2, 0) is 5.41 Å². The Hall–Kier alpha value is -4.38. The number of allylic oxidation sites excluding steroid dienone is 11. The minimum atomic E-state index is -0.191. The van der Waals surface area contributed by atoms with Crippen molar-refractivity contribution >= 4 is 34.9 Å². The summed E-state index contributed by atoms with van der Waals surface area (Å²) in [5, 5.41) is 4.47. The van der Waals surface area contributed by atoms with Gasteiger partial charge in [-0.25, -0.2) is 0 Å². The molecule has 0 radical (unpaired) electrons. The monoisotopic (exact) mass is 710 g/mol. The number of fused-ring (bicyclic) bond motifs is 10. The molecule has 3 aromatic rings. The number of benzene rings is 3. The van der Waals surface area contributed by atoms with Gasteiger partial charge in [-0.15, -0.1) is 23.5 Å². The third-order valence-electron chi connectivity index (χ3n) is 12.7. The van der Waals surface area contributed by atoms with Crippen LogP contribution in [0.5, 0.6) is 0 Å². The standard InChI is InChI=1S/C48H42N2S2/c1-2-13-33(14-3-1)50-41-20-7-4-15-35(41)36-26-24-31(29-42(36)50)34-16-12-23-45-47(34)48(37-17-5-8-21-43(37)51-45)38-18-6-9-22-44(38)52-46-30-32(25-27-39(46)48)40-19-10-11-28-49-40/h1-11,13-15,17-20,22,24-27,29-30,34,36,39,42-43,46,49H,12,16,21,23,28H2. The van der Waals surface area contributed by atoms with Crippen LogP contribution in [0.4, 0.5) is 11.4 Å². The van der Waals surface area contributed by atoms with Gasteiger partial charge in [0, 0.05) is 62.2 Å². The molecule has 4 heterocycles. The summed E-state index contributed by atoms with van der Waals surface area (Å²) in [5.74, 6) is 1.05. The zero-order chi connectivity index (χ0) is 34.2. The van der Waals surface area contributed by atoms with Crippen LogP contribution in [0.2, 0.25) is 0 Å². The van der Waals surface area contributed by atoms with Crippen molar-refractivity contribution in [3.05, 3.63) is 196 Å². The van der Waals surface area contributed by atoms with Gasteiger partial charge in [-0.2, -0.15) is 0 Å². The summed E-state index contributed by atoms with van der Waals surface area (Å²) in [4.78, 5) is 5.73. The van der Waals surface area contributed by atoms with E-state index in [-0.39, 0.29) is 11.5 Å². The van der Waals surface area contributed by atoms with Gasteiger partial charge in [0.2, 0.25) is 0 Å². The molecule has 0 saturated carbocycles. The Bertz CT molecular complexity index is 2260. The van der Waals surface area contributed by atoms with Crippen LogP contribution in [0.1, 0.15) is 42.7 Å². The summed E-state index contributed by atoms with van der Waals surface area (Å²) in [6.45, 7) is 0.887. The molecular weight excluding hydrogens is 669 g/mol. The van der Waals surface area contributed by atoms with Crippen molar-refractivity contribution in [1.82, 2.24) is 5.32 Å². The van der Waals surface area contributed by atoms with Gasteiger partial charge in [-0.1, -0.05) is 121 Å². The Labute approximate surface area is 316 Å². The third kappa shape index (κ3) is 4.59. The molecule has 4 aliphatic carbocycles. The minimum absolute atomic E-state index is 0.191. The summed E-state index contributed by atoms with van der Waals surface area (Å²) in [5.41, 5.74) is 12.8. The second kappa shape index (κ2) is 12.4. The summed E-state index contributed by atoms with van der Waals surface area (Å²) in [7, 11) is 0. The van der Waals surface area contributed by atoms with E-state index in [9.17, 15) is 0 Å². The lowest BCUT2D eigenvalue weighted by Crippen LogP contribution is -2.52. The average Bonchev–Trinajstić information content (AvgIpc) is 3.54. The van der Waals surface area contributed by atoms with Crippen LogP contribution in [0, 0.1) is 11.8 Å². The fraction of sp³-hybridized carbons (Fsp3) is 0.250. The number of rotatable bonds is 3. The predicted octanol–water partition coefficient (Wildman–Crippen LogP) is 11.4. The molecule has 0 amide bonds. The lowest BCUT2D eigenvalue weighted by molar-refractivity contribution is 0.359. The zero-order valence-corrected chi connectivity index (χ0v) is 30.8. The van der Waals surface area contributed by atoms with Crippen molar-refractivity contribution in [3.8, 4) is 0 Å². The average molecular weight is 711 g/mol. The predicted molar refractivity (Wildman–Crippen MR) is 220 cm³/mol. The molecule has 4 heteroatoms. The topological polar surface area (TPSA) is 15.3 Å². The maximum Gasteiger partial charge on any atom is 0.0632 e. The molecule has 256 valence electrons. The number of hydrogen-bond acceptors (Lipinski definition) is 4. The van der Waals surface area contributed by atoms with Gasteiger partial charge >= 0.3 is 0 Å². The molecule has 8 aliphatic rings. The van der Waals surface area contributed by atoms with E-state index in [1.165, 1.54) is 63.5 Å². The highest BCUT2D eigenvalue weighted by molar-refractivity contribution is 8.04. The van der Waals surface area contributed by atoms with E-state index in [1.54, 1.807) is 16.1 Å². The van der Waals surface area contributed by atoms with Crippen LogP contribution in [0.3, 0.4) is 0 Å². The fourth-order valence-corrected chi connectivity index (χ4v) is 13.8. The van der Waals surface area contributed by atoms with Crippen LogP contribution in [0.15, 0.2) is 190 Å². The molecule has 1 N–H and O–H groups in total. The minimum Gasteiger partial charge on any atom is -0.381 e. The molecule has 7 unspecified atom stereocenters. The number of dihydropyridines is 1. The number of anilines is 2. The zero-order valence-electron chi connectivity index (χ0n) is 29.2. The van der Waals surface area contributed by atoms with Crippen molar-refractivity contribution in [2.75, 3.05) is 11.4 Å². The lowest BCUT2D eigenvalue weighted by Gasteiger charge is -2.58. The molecule has 0 aromatic heterocycles. The summed E-state index contributed by atoms with van der Waals surface area (Å²) in [6.07, 6.45) is 34.1. The number of nitrogens with zero attached hydrogens (tertiary/aromatic N) is 1. The first-order valence-corrected chi connectivity index (χ1v) is 20.9. The Kier molecular flexibility index (Phi) is 7.41. The largest absolute Gasteiger partial charge is 0.381 e. The van der Waals surface area contributed by atoms with Crippen LogP contribution in [-0.4, -0.2) is 23.1 Å². The molecule has 2 nitrogen and oxygen atoms in total. The van der Waals surface area contributed by atoms with Crippen LogP contribution >= 0.6 is 23.5 Å². The van der Waals surface area contributed by atoms with Gasteiger partial charge in [-0.3, -0.25) is 0 Å². The first-order chi connectivity index (χ1) is 25.8. The molecule has 11 rings (SSSR count). The van der Waals surface area contributed by atoms with Crippen LogP contribution in [0.25, 0.3) is 0 Å². The first kappa shape index (κ1) is 31.2. The second-order valence-corrected chi connectivity index (χ2v) is 17.8. The summed E-state index contributed by atoms with van der Waals surface area (Å²) in [6, 6.07) is 29.9. The van der Waals surface area contributed by atoms with E-state index >= 15 is 0 Å². The molecule has 0 bridgehead atoms. The Morgan fingerprint density at radius 1 is 0.808 bits per heavy atom. The second-order valence-electron chi connectivity index (χ2n) is 15.3. The maximum atomic E-state index is 3.65. The molecule has 52 heavy (non-hydrogen) atoms. The Morgan fingerprint density at radius 2 is 1.67 bits per heavy atom. The molecular formula is C48H42N2S2. The molecule has 4 aliphatic heterocycles. The molecule has 3 aromatic carbocycles. The summed E-state index contributed by atoms with van der Waals surface area (Å²) >= 11 is 4.29. The lowest BCUT2D eigenvalue weighted by atomic mass is 9.53. The van der Waals surface area contributed by atoms with E-state index < -0.39 is 0 Å². The Balaban J connectivity index is 1.10. The van der Waals surface area contributed by atoms with Crippen molar-refractivity contribution < 1.29 is 0 Å². The summed E-state index contributed by atoms with van der Waals surface area (Å²) < 4.78 is 0. The van der Waals surface area contributed by atoms with Crippen molar-refractivity contribution in [2.24, 2.45) is 11.8 Å². The van der Waals surface area contributed by atoms with Crippen molar-refractivity contribution in [2.45, 2.75) is 58.5 Å². The Morgan fingerprint density at radius 3 is 2.60 bits per heavy atom. The van der Waals surface area contributed by atoms with Gasteiger partial charge in [0.25, 0.3) is 0 Å². The number of hydrogen-bond donors (Lipinski definition) is 1. The van der Waals surface area contributed by atoms with E-state index in [0.717, 1.165) is 13.0 Å². The van der Waals surface area contributed by atoms with Crippen LogP contribution < -0.4 is 10.2 Å². The number of para-hydroxylation sites is 2. The van der Waals surface area contributed by atoms with Gasteiger partial charge in [0.15, 0.2) is 0 Å². The van der Waals surface area contributed by atoms with E-state index in [2.05, 4.69) is 186 Å². The van der Waals surface area contributed by atoms with Gasteiger partial charge in [0.05, 0.1) is 6.04 Å². The number of nitrogens with one attached hydrogen (secondary N) is 1. The number of thioether (sulfide) groups is 2. The highest BCUT2D eigenvalue weighted by Gasteiger charge is 2.59. The normalized spacial score (nSPS) is 32.0. The van der Waals surface area contributed by atoms with Gasteiger partial charge in [-0.05, 0) is 94.3 Å². The smallest absolute Gasteiger partial charge is 0.0632 e. The highest BCUT2D eigenvalue weighted by Crippen LogP contribution is 2.68. The quantitative estimate of drug-likeness (QED) is 0.291. The van der Waals surface area contributed by atoms with E-state index in [0.29, 0.717) is 28.3 Å². The van der Waals surface area contributed by atoms with E-state index in [4.69, 9.17) is 0 Å². The van der Waals surface area contributed by atoms with Crippen molar-refractivity contribution in [1.29, 1.82) is 0 Å². The third-order valence-corrected chi connectivity index (χ3v) is 15.5. The highest BCUT2D eigenvalue weighted by atomic mass is 32.2. The molecule has 1 spiro atoms. The SMILES string of the molecule is C1=CCNC(C2=CC3Sc4ccccc4C4(C5=CC=CCC5SC5=C4C(C4=CC6C(C=C4)c4ccccc4N6c4ccccc4)CCC5)C3C=C2)=C1. The molecule has 7 atom stereocenters. The fourth-order valence-electron chi connectivity index (χ4n) is 10.7.